The van der Waals surface area contributed by atoms with Crippen LogP contribution in [0, 0.1) is 0 Å². The molecule has 0 spiro atoms. The molecule has 8 aromatic carbocycles. The number of hydrogen-bond acceptors (Lipinski definition) is 2. The largest absolute Gasteiger partial charge is 0.456 e. The van der Waals surface area contributed by atoms with Crippen molar-refractivity contribution in [3.8, 4) is 11.1 Å². The summed E-state index contributed by atoms with van der Waals surface area (Å²) in [4.78, 5) is 2.31. The average Bonchev–Trinajstić information content (AvgIpc) is 3.47. The third-order valence-corrected chi connectivity index (χ3v) is 8.85. The first-order valence-corrected chi connectivity index (χ1v) is 15.0. The van der Waals surface area contributed by atoms with Gasteiger partial charge >= 0.3 is 0 Å². The van der Waals surface area contributed by atoms with Gasteiger partial charge in [0.1, 0.15) is 11.2 Å². The molecule has 0 atom stereocenters. The highest BCUT2D eigenvalue weighted by Crippen LogP contribution is 2.40. The Labute approximate surface area is 255 Å². The Balaban J connectivity index is 1.17. The van der Waals surface area contributed by atoms with Gasteiger partial charge in [-0.05, 0) is 92.0 Å². The lowest BCUT2D eigenvalue weighted by Crippen LogP contribution is -2.09. The molecule has 0 amide bonds. The summed E-state index contributed by atoms with van der Waals surface area (Å²) in [5.74, 6) is 0. The van der Waals surface area contributed by atoms with E-state index in [9.17, 15) is 0 Å². The Morgan fingerprint density at radius 2 is 0.955 bits per heavy atom. The van der Waals surface area contributed by atoms with Crippen LogP contribution >= 0.6 is 0 Å². The van der Waals surface area contributed by atoms with E-state index in [1.54, 1.807) is 0 Å². The molecule has 1 heterocycles. The van der Waals surface area contributed by atoms with Gasteiger partial charge in [0.05, 0.1) is 0 Å². The molecule has 0 bridgehead atoms. The van der Waals surface area contributed by atoms with Gasteiger partial charge in [-0.1, -0.05) is 115 Å². The topological polar surface area (TPSA) is 16.4 Å². The van der Waals surface area contributed by atoms with Crippen LogP contribution in [0.15, 0.2) is 168 Å². The zero-order chi connectivity index (χ0) is 29.0. The first kappa shape index (κ1) is 24.7. The molecule has 0 saturated heterocycles. The third kappa shape index (κ3) is 3.89. The van der Waals surface area contributed by atoms with Crippen molar-refractivity contribution in [2.24, 2.45) is 0 Å². The van der Waals surface area contributed by atoms with Gasteiger partial charge in [0.2, 0.25) is 0 Å². The Morgan fingerprint density at radius 3 is 1.84 bits per heavy atom. The zero-order valence-corrected chi connectivity index (χ0v) is 23.9. The number of benzene rings is 8. The fourth-order valence-electron chi connectivity index (χ4n) is 6.78. The molecule has 2 nitrogen and oxygen atoms in total. The highest BCUT2D eigenvalue weighted by molar-refractivity contribution is 6.19. The summed E-state index contributed by atoms with van der Waals surface area (Å²) in [6.07, 6.45) is 0. The standard InChI is InChI=1S/C42H27NO/c1-2-10-30(11-3-1)43(32-22-26-42-40(27-32)39-13-6-7-16-41(39)44-42)31-20-17-29(18-21-31)34-14-8-15-35-36(34)24-25-37-33-12-5-4-9-28(33)19-23-38(35)37/h1-27H. The first-order chi connectivity index (χ1) is 21.8. The molecule has 9 aromatic rings. The lowest BCUT2D eigenvalue weighted by atomic mass is 9.92. The second kappa shape index (κ2) is 9.86. The molecular weight excluding hydrogens is 534 g/mol. The van der Waals surface area contributed by atoms with Crippen molar-refractivity contribution in [2.75, 3.05) is 4.90 Å². The van der Waals surface area contributed by atoms with E-state index in [1.807, 2.05) is 12.1 Å². The van der Waals surface area contributed by atoms with E-state index >= 15 is 0 Å². The van der Waals surface area contributed by atoms with Crippen molar-refractivity contribution in [1.82, 2.24) is 0 Å². The van der Waals surface area contributed by atoms with E-state index in [0.717, 1.165) is 39.0 Å². The third-order valence-electron chi connectivity index (χ3n) is 8.85. The molecule has 0 radical (unpaired) electrons. The zero-order valence-electron chi connectivity index (χ0n) is 23.9. The maximum atomic E-state index is 6.13. The van der Waals surface area contributed by atoms with Gasteiger partial charge in [-0.2, -0.15) is 0 Å². The molecule has 0 unspecified atom stereocenters. The van der Waals surface area contributed by atoms with Crippen molar-refractivity contribution < 1.29 is 4.42 Å². The number of rotatable bonds is 4. The molecule has 206 valence electrons. The Hall–Kier alpha value is -5.86. The maximum Gasteiger partial charge on any atom is 0.135 e. The molecule has 0 fully saturated rings. The van der Waals surface area contributed by atoms with E-state index < -0.39 is 0 Å². The minimum absolute atomic E-state index is 0.898. The Morgan fingerprint density at radius 1 is 0.341 bits per heavy atom. The van der Waals surface area contributed by atoms with Gasteiger partial charge in [0.25, 0.3) is 0 Å². The van der Waals surface area contributed by atoms with Gasteiger partial charge < -0.3 is 9.32 Å². The normalized spacial score (nSPS) is 11.6. The number of hydrogen-bond donors (Lipinski definition) is 0. The van der Waals surface area contributed by atoms with E-state index in [0.29, 0.717) is 0 Å². The quantitative estimate of drug-likeness (QED) is 0.199. The number of furan rings is 1. The molecule has 0 saturated carbocycles. The number of nitrogens with zero attached hydrogens (tertiary/aromatic N) is 1. The summed E-state index contributed by atoms with van der Waals surface area (Å²) in [5, 5.41) is 9.94. The Bertz CT molecular complexity index is 2490. The van der Waals surface area contributed by atoms with Crippen LogP contribution in [0.3, 0.4) is 0 Å². The minimum atomic E-state index is 0.898. The van der Waals surface area contributed by atoms with Crippen LogP contribution in [0.1, 0.15) is 0 Å². The molecule has 2 heteroatoms. The van der Waals surface area contributed by atoms with Crippen LogP contribution in [0.2, 0.25) is 0 Å². The van der Waals surface area contributed by atoms with Crippen LogP contribution in [-0.4, -0.2) is 0 Å². The van der Waals surface area contributed by atoms with E-state index in [1.165, 1.54) is 43.4 Å². The highest BCUT2D eigenvalue weighted by Gasteiger charge is 2.16. The first-order valence-electron chi connectivity index (χ1n) is 15.0. The van der Waals surface area contributed by atoms with E-state index in [2.05, 4.69) is 157 Å². The predicted molar refractivity (Wildman–Crippen MR) is 186 cm³/mol. The molecule has 0 aliphatic heterocycles. The lowest BCUT2D eigenvalue weighted by Gasteiger charge is -2.25. The van der Waals surface area contributed by atoms with Crippen molar-refractivity contribution in [1.29, 1.82) is 0 Å². The van der Waals surface area contributed by atoms with Crippen molar-refractivity contribution >= 4 is 71.3 Å². The molecule has 0 aliphatic rings. The SMILES string of the molecule is c1ccc(N(c2ccc(-c3cccc4c3ccc3c5ccccc5ccc43)cc2)c2ccc3oc4ccccc4c3c2)cc1. The van der Waals surface area contributed by atoms with Gasteiger partial charge in [-0.25, -0.2) is 0 Å². The number of fused-ring (bicyclic) bond motifs is 8. The second-order valence-electron chi connectivity index (χ2n) is 11.3. The van der Waals surface area contributed by atoms with Gasteiger partial charge in [-0.3, -0.25) is 0 Å². The van der Waals surface area contributed by atoms with E-state index in [-0.39, 0.29) is 0 Å². The molecule has 0 aliphatic carbocycles. The van der Waals surface area contributed by atoms with Crippen LogP contribution in [0.25, 0.3) is 65.4 Å². The summed E-state index contributed by atoms with van der Waals surface area (Å²) in [5.41, 5.74) is 7.54. The van der Waals surface area contributed by atoms with Crippen LogP contribution in [-0.2, 0) is 0 Å². The molecule has 0 N–H and O–H groups in total. The smallest absolute Gasteiger partial charge is 0.135 e. The van der Waals surface area contributed by atoms with Crippen LogP contribution in [0.5, 0.6) is 0 Å². The summed E-state index contributed by atoms with van der Waals surface area (Å²) in [7, 11) is 0. The van der Waals surface area contributed by atoms with Crippen molar-refractivity contribution in [2.45, 2.75) is 0 Å². The summed E-state index contributed by atoms with van der Waals surface area (Å²) in [6.45, 7) is 0. The van der Waals surface area contributed by atoms with Crippen LogP contribution in [0.4, 0.5) is 17.1 Å². The Kier molecular flexibility index (Phi) is 5.54. The minimum Gasteiger partial charge on any atom is -0.456 e. The monoisotopic (exact) mass is 561 g/mol. The second-order valence-corrected chi connectivity index (χ2v) is 11.3. The fourth-order valence-corrected chi connectivity index (χ4v) is 6.78. The fraction of sp³-hybridized carbons (Fsp3) is 0. The molecular formula is C42H27NO. The summed E-state index contributed by atoms with van der Waals surface area (Å²) < 4.78 is 6.13. The highest BCUT2D eigenvalue weighted by atomic mass is 16.3. The maximum absolute atomic E-state index is 6.13. The number of para-hydroxylation sites is 2. The van der Waals surface area contributed by atoms with Gasteiger partial charge in [0.15, 0.2) is 0 Å². The molecule has 44 heavy (non-hydrogen) atoms. The average molecular weight is 562 g/mol. The van der Waals surface area contributed by atoms with Crippen LogP contribution < -0.4 is 4.90 Å². The summed E-state index contributed by atoms with van der Waals surface area (Å²) in [6, 6.07) is 58.6. The van der Waals surface area contributed by atoms with Crippen molar-refractivity contribution in [3.63, 3.8) is 0 Å². The predicted octanol–water partition coefficient (Wildman–Crippen LogP) is 12.2. The van der Waals surface area contributed by atoms with Crippen molar-refractivity contribution in [3.05, 3.63) is 164 Å². The molecule has 9 rings (SSSR count). The number of anilines is 3. The molecule has 1 aromatic heterocycles. The van der Waals surface area contributed by atoms with Gasteiger partial charge in [0, 0.05) is 27.8 Å². The van der Waals surface area contributed by atoms with Gasteiger partial charge in [-0.15, -0.1) is 0 Å². The van der Waals surface area contributed by atoms with E-state index in [4.69, 9.17) is 4.42 Å². The lowest BCUT2D eigenvalue weighted by molar-refractivity contribution is 0.669. The summed E-state index contributed by atoms with van der Waals surface area (Å²) >= 11 is 0.